The first kappa shape index (κ1) is 18.2. The number of hydrogen-bond acceptors (Lipinski definition) is 5. The number of methoxy groups -OCH3 is 1. The number of benzene rings is 1. The Hall–Kier alpha value is -1.75. The lowest BCUT2D eigenvalue weighted by molar-refractivity contribution is -0.0275. The van der Waals surface area contributed by atoms with E-state index >= 15 is 0 Å². The number of phenols is 1. The SMILES string of the molecule is CC.CCN(CC)c1ccc(/C=N/OCOC)c(O)c1. The second-order valence-electron chi connectivity index (χ2n) is 3.69. The molecule has 0 fully saturated rings. The summed E-state index contributed by atoms with van der Waals surface area (Å²) in [4.78, 5) is 6.94. The lowest BCUT2D eigenvalue weighted by Gasteiger charge is -2.21. The van der Waals surface area contributed by atoms with Gasteiger partial charge in [0.1, 0.15) is 5.75 Å². The number of phenolic OH excluding ortho intramolecular Hbond substituents is 1. The van der Waals surface area contributed by atoms with E-state index in [1.807, 2.05) is 26.0 Å². The summed E-state index contributed by atoms with van der Waals surface area (Å²) in [5.74, 6) is 0.184. The number of ether oxygens (including phenoxy) is 1. The van der Waals surface area contributed by atoms with E-state index in [0.29, 0.717) is 5.56 Å². The van der Waals surface area contributed by atoms with Crippen LogP contribution in [0.25, 0.3) is 0 Å². The van der Waals surface area contributed by atoms with Gasteiger partial charge in [0.2, 0.25) is 6.79 Å². The van der Waals surface area contributed by atoms with Crippen molar-refractivity contribution in [1.29, 1.82) is 0 Å². The van der Waals surface area contributed by atoms with E-state index in [1.54, 1.807) is 6.07 Å². The highest BCUT2D eigenvalue weighted by atomic mass is 16.7. The van der Waals surface area contributed by atoms with Gasteiger partial charge in [-0.3, -0.25) is 0 Å². The van der Waals surface area contributed by atoms with E-state index in [-0.39, 0.29) is 12.5 Å². The van der Waals surface area contributed by atoms with Crippen molar-refractivity contribution in [1.82, 2.24) is 0 Å². The van der Waals surface area contributed by atoms with Crippen molar-refractivity contribution in [3.8, 4) is 5.75 Å². The zero-order valence-electron chi connectivity index (χ0n) is 13.1. The number of aromatic hydroxyl groups is 1. The molecule has 1 rings (SSSR count). The third-order valence-electron chi connectivity index (χ3n) is 2.58. The van der Waals surface area contributed by atoms with Crippen LogP contribution in [-0.2, 0) is 9.57 Å². The highest BCUT2D eigenvalue weighted by Crippen LogP contribution is 2.23. The Balaban J connectivity index is 0.00000172. The second kappa shape index (κ2) is 11.1. The third kappa shape index (κ3) is 5.93. The Morgan fingerprint density at radius 2 is 1.90 bits per heavy atom. The highest BCUT2D eigenvalue weighted by molar-refractivity contribution is 5.84. The van der Waals surface area contributed by atoms with E-state index in [1.165, 1.54) is 13.3 Å². The van der Waals surface area contributed by atoms with Gasteiger partial charge in [-0.2, -0.15) is 0 Å². The minimum atomic E-state index is 0.0921. The minimum absolute atomic E-state index is 0.0921. The summed E-state index contributed by atoms with van der Waals surface area (Å²) in [6, 6.07) is 5.48. The molecule has 0 bridgehead atoms. The quantitative estimate of drug-likeness (QED) is 0.361. The average Bonchev–Trinajstić information content (AvgIpc) is 2.49. The number of rotatable bonds is 7. The van der Waals surface area contributed by atoms with E-state index < -0.39 is 0 Å². The Bertz CT molecular complexity index is 391. The molecule has 0 aromatic heterocycles. The Morgan fingerprint density at radius 1 is 1.25 bits per heavy atom. The van der Waals surface area contributed by atoms with E-state index in [0.717, 1.165) is 18.8 Å². The van der Waals surface area contributed by atoms with Crippen LogP contribution in [0.3, 0.4) is 0 Å². The van der Waals surface area contributed by atoms with Crippen LogP contribution in [0.15, 0.2) is 23.4 Å². The molecule has 1 aromatic rings. The smallest absolute Gasteiger partial charge is 0.216 e. The molecule has 0 amide bonds. The number of anilines is 1. The van der Waals surface area contributed by atoms with Gasteiger partial charge < -0.3 is 19.6 Å². The van der Waals surface area contributed by atoms with Gasteiger partial charge in [0, 0.05) is 37.5 Å². The molecule has 0 heterocycles. The molecule has 114 valence electrons. The van der Waals surface area contributed by atoms with Gasteiger partial charge in [-0.15, -0.1) is 0 Å². The molecule has 5 nitrogen and oxygen atoms in total. The van der Waals surface area contributed by atoms with Crippen LogP contribution in [0.5, 0.6) is 5.75 Å². The summed E-state index contributed by atoms with van der Waals surface area (Å²) in [5.41, 5.74) is 1.61. The molecule has 0 aliphatic rings. The Morgan fingerprint density at radius 3 is 2.40 bits per heavy atom. The minimum Gasteiger partial charge on any atom is -0.507 e. The molecule has 0 saturated heterocycles. The van der Waals surface area contributed by atoms with Crippen LogP contribution in [0.1, 0.15) is 33.3 Å². The maximum absolute atomic E-state index is 9.88. The van der Waals surface area contributed by atoms with Gasteiger partial charge in [-0.1, -0.05) is 19.0 Å². The summed E-state index contributed by atoms with van der Waals surface area (Å²) in [7, 11) is 1.52. The van der Waals surface area contributed by atoms with Gasteiger partial charge in [0.05, 0.1) is 6.21 Å². The summed E-state index contributed by atoms with van der Waals surface area (Å²) in [6.07, 6.45) is 1.46. The number of oxime groups is 1. The van der Waals surface area contributed by atoms with Gasteiger partial charge in [-0.05, 0) is 26.0 Å². The fraction of sp³-hybridized carbons (Fsp3) is 0.533. The first-order chi connectivity index (χ1) is 9.72. The van der Waals surface area contributed by atoms with Crippen LogP contribution in [0, 0.1) is 0 Å². The molecule has 5 heteroatoms. The predicted octanol–water partition coefficient (Wildman–Crippen LogP) is 3.22. The molecule has 0 spiro atoms. The van der Waals surface area contributed by atoms with Crippen molar-refractivity contribution in [2.24, 2.45) is 5.16 Å². The predicted molar refractivity (Wildman–Crippen MR) is 83.6 cm³/mol. The van der Waals surface area contributed by atoms with Gasteiger partial charge in [-0.25, -0.2) is 0 Å². The summed E-state index contributed by atoms with van der Waals surface area (Å²) in [6.45, 7) is 10.1. The average molecular weight is 282 g/mol. The number of nitrogens with zero attached hydrogens (tertiary/aromatic N) is 2. The molecule has 0 aliphatic carbocycles. The molecular weight excluding hydrogens is 256 g/mol. The van der Waals surface area contributed by atoms with E-state index in [2.05, 4.69) is 28.6 Å². The largest absolute Gasteiger partial charge is 0.507 e. The van der Waals surface area contributed by atoms with E-state index in [4.69, 9.17) is 4.84 Å². The fourth-order valence-electron chi connectivity index (χ4n) is 1.60. The lowest BCUT2D eigenvalue weighted by Crippen LogP contribution is -2.21. The van der Waals surface area contributed by atoms with Crippen LogP contribution in [0.2, 0.25) is 0 Å². The summed E-state index contributed by atoms with van der Waals surface area (Å²) >= 11 is 0. The Kier molecular flexibility index (Phi) is 10.1. The first-order valence-electron chi connectivity index (χ1n) is 6.95. The van der Waals surface area contributed by atoms with Crippen molar-refractivity contribution < 1.29 is 14.7 Å². The summed E-state index contributed by atoms with van der Waals surface area (Å²) in [5, 5.41) is 13.6. The number of hydrogen-bond donors (Lipinski definition) is 1. The molecule has 1 N–H and O–H groups in total. The molecule has 20 heavy (non-hydrogen) atoms. The highest BCUT2D eigenvalue weighted by Gasteiger charge is 2.05. The maximum atomic E-state index is 9.88. The zero-order chi connectivity index (χ0) is 15.4. The van der Waals surface area contributed by atoms with Crippen LogP contribution < -0.4 is 4.90 Å². The van der Waals surface area contributed by atoms with Crippen molar-refractivity contribution >= 4 is 11.9 Å². The molecule has 0 radical (unpaired) electrons. The molecule has 0 saturated carbocycles. The van der Waals surface area contributed by atoms with Crippen LogP contribution >= 0.6 is 0 Å². The van der Waals surface area contributed by atoms with Gasteiger partial charge in [0.25, 0.3) is 0 Å². The van der Waals surface area contributed by atoms with Crippen LogP contribution in [-0.4, -0.2) is 38.3 Å². The third-order valence-corrected chi connectivity index (χ3v) is 2.58. The first-order valence-corrected chi connectivity index (χ1v) is 6.95. The van der Waals surface area contributed by atoms with Crippen molar-refractivity contribution in [3.05, 3.63) is 23.8 Å². The van der Waals surface area contributed by atoms with Gasteiger partial charge in [0.15, 0.2) is 0 Å². The van der Waals surface area contributed by atoms with Crippen LogP contribution in [0.4, 0.5) is 5.69 Å². The standard InChI is InChI=1S/C13H20N2O3.C2H6/c1-4-15(5-2)12-7-6-11(13(16)8-12)9-14-18-10-17-3;1-2/h6-9,16H,4-5,10H2,1-3H3;1-2H3/b14-9+;. The van der Waals surface area contributed by atoms with Crippen molar-refractivity contribution in [2.45, 2.75) is 27.7 Å². The zero-order valence-corrected chi connectivity index (χ0v) is 13.1. The summed E-state index contributed by atoms with van der Waals surface area (Å²) < 4.78 is 4.68. The monoisotopic (exact) mass is 282 g/mol. The molecule has 0 atom stereocenters. The lowest BCUT2D eigenvalue weighted by atomic mass is 10.2. The molecular formula is C15H26N2O3. The topological polar surface area (TPSA) is 54.3 Å². The molecule has 1 aromatic carbocycles. The fourth-order valence-corrected chi connectivity index (χ4v) is 1.60. The normalized spacial score (nSPS) is 10.1. The van der Waals surface area contributed by atoms with E-state index in [9.17, 15) is 5.11 Å². The Labute approximate surface area is 121 Å². The maximum Gasteiger partial charge on any atom is 0.216 e. The van der Waals surface area contributed by atoms with Crippen molar-refractivity contribution in [2.75, 3.05) is 31.9 Å². The van der Waals surface area contributed by atoms with Gasteiger partial charge >= 0.3 is 0 Å². The molecule has 0 unspecified atom stereocenters. The second-order valence-corrected chi connectivity index (χ2v) is 3.69. The molecule has 0 aliphatic heterocycles. The van der Waals surface area contributed by atoms with Crippen molar-refractivity contribution in [3.63, 3.8) is 0 Å².